The van der Waals surface area contributed by atoms with Crippen molar-refractivity contribution in [1.29, 1.82) is 0 Å². The summed E-state index contributed by atoms with van der Waals surface area (Å²) >= 11 is 0. The fourth-order valence-corrected chi connectivity index (χ4v) is 3.99. The largest absolute Gasteiger partial charge is 0.504 e. The molecule has 0 aromatic heterocycles. The van der Waals surface area contributed by atoms with E-state index in [1.807, 2.05) is 6.07 Å². The summed E-state index contributed by atoms with van der Waals surface area (Å²) in [5.41, 5.74) is 1.94. The summed E-state index contributed by atoms with van der Waals surface area (Å²) in [6.07, 6.45) is 11.5. The zero-order chi connectivity index (χ0) is 20.8. The van der Waals surface area contributed by atoms with E-state index in [1.54, 1.807) is 6.07 Å². The molecule has 0 spiro atoms. The van der Waals surface area contributed by atoms with E-state index in [0.717, 1.165) is 75.3 Å². The van der Waals surface area contributed by atoms with Gasteiger partial charge in [-0.15, -0.1) is 0 Å². The van der Waals surface area contributed by atoms with Gasteiger partial charge in [-0.3, -0.25) is 4.79 Å². The van der Waals surface area contributed by atoms with E-state index in [9.17, 15) is 20.1 Å². The summed E-state index contributed by atoms with van der Waals surface area (Å²) < 4.78 is 0. The zero-order valence-corrected chi connectivity index (χ0v) is 17.9. The van der Waals surface area contributed by atoms with Crippen LogP contribution in [0, 0.1) is 10.8 Å². The highest BCUT2D eigenvalue weighted by molar-refractivity contribution is 5.77. The number of phenols is 2. The van der Waals surface area contributed by atoms with Crippen LogP contribution < -0.4 is 0 Å². The molecule has 0 aliphatic heterocycles. The van der Waals surface area contributed by atoms with Gasteiger partial charge in [0.1, 0.15) is 0 Å². The minimum atomic E-state index is -0.635. The number of hydrogen-bond donors (Lipinski definition) is 3. The summed E-state index contributed by atoms with van der Waals surface area (Å²) in [5.74, 6) is -0.633. The lowest BCUT2D eigenvalue weighted by Gasteiger charge is -2.18. The van der Waals surface area contributed by atoms with E-state index < -0.39 is 11.4 Å². The molecular formula is C24H38O4. The number of aryl methyl sites for hydroxylation is 1. The van der Waals surface area contributed by atoms with E-state index in [2.05, 4.69) is 20.8 Å². The number of carbonyl (C=O) groups is 1. The van der Waals surface area contributed by atoms with Crippen molar-refractivity contribution in [2.24, 2.45) is 10.8 Å². The Labute approximate surface area is 170 Å². The van der Waals surface area contributed by atoms with Gasteiger partial charge in [-0.25, -0.2) is 0 Å². The molecule has 1 aliphatic carbocycles. The second-order valence-corrected chi connectivity index (χ2v) is 9.84. The molecule has 1 aliphatic rings. The quantitative estimate of drug-likeness (QED) is 0.293. The molecule has 0 atom stereocenters. The van der Waals surface area contributed by atoms with Crippen LogP contribution >= 0.6 is 0 Å². The topological polar surface area (TPSA) is 77.8 Å². The van der Waals surface area contributed by atoms with E-state index in [0.29, 0.717) is 5.41 Å². The van der Waals surface area contributed by atoms with Crippen LogP contribution in [-0.2, 0) is 17.6 Å². The highest BCUT2D eigenvalue weighted by Crippen LogP contribution is 2.50. The number of benzene rings is 1. The second kappa shape index (κ2) is 9.67. The molecule has 0 bridgehead atoms. The molecule has 0 radical (unpaired) electrons. The monoisotopic (exact) mass is 390 g/mol. The van der Waals surface area contributed by atoms with Gasteiger partial charge in [0.2, 0.25) is 0 Å². The summed E-state index contributed by atoms with van der Waals surface area (Å²) in [6.45, 7) is 6.77. The molecule has 0 heterocycles. The van der Waals surface area contributed by atoms with Crippen molar-refractivity contribution >= 4 is 5.97 Å². The minimum Gasteiger partial charge on any atom is -0.504 e. The van der Waals surface area contributed by atoms with Gasteiger partial charge in [0, 0.05) is 5.56 Å². The van der Waals surface area contributed by atoms with Crippen LogP contribution in [0.15, 0.2) is 12.1 Å². The predicted molar refractivity (Wildman–Crippen MR) is 113 cm³/mol. The standard InChI is InChI=1S/C24H38O4/c1-23(2,3)14-8-5-7-11-19-18(12-13-20(25)21(19)26)10-6-4-9-15-24(16-17-24)22(27)28/h12-13,25-26H,4-11,14-17H2,1-3H3,(H,27,28). The molecule has 1 aromatic rings. The maximum Gasteiger partial charge on any atom is 0.309 e. The summed E-state index contributed by atoms with van der Waals surface area (Å²) in [7, 11) is 0. The first-order valence-electron chi connectivity index (χ1n) is 10.9. The van der Waals surface area contributed by atoms with Crippen molar-refractivity contribution in [2.45, 2.75) is 97.8 Å². The number of unbranched alkanes of at least 4 members (excludes halogenated alkanes) is 4. The minimum absolute atomic E-state index is 0.0365. The molecule has 4 heteroatoms. The van der Waals surface area contributed by atoms with E-state index in [4.69, 9.17) is 0 Å². The first kappa shape index (κ1) is 22.6. The van der Waals surface area contributed by atoms with Crippen LogP contribution in [0.1, 0.15) is 96.1 Å². The lowest BCUT2D eigenvalue weighted by Crippen LogP contribution is -2.14. The van der Waals surface area contributed by atoms with Gasteiger partial charge in [-0.1, -0.05) is 52.5 Å². The maximum absolute atomic E-state index is 11.2. The molecule has 0 amide bonds. The molecule has 1 aromatic carbocycles. The van der Waals surface area contributed by atoms with Crippen molar-refractivity contribution in [2.75, 3.05) is 0 Å². The molecule has 3 N–H and O–H groups in total. The third-order valence-electron chi connectivity index (χ3n) is 6.12. The van der Waals surface area contributed by atoms with Gasteiger partial charge in [-0.2, -0.15) is 0 Å². The van der Waals surface area contributed by atoms with Crippen LogP contribution in [0.3, 0.4) is 0 Å². The Morgan fingerprint density at radius 1 is 0.964 bits per heavy atom. The first-order valence-corrected chi connectivity index (χ1v) is 10.9. The molecule has 0 saturated heterocycles. The van der Waals surface area contributed by atoms with Crippen LogP contribution in [0.25, 0.3) is 0 Å². The number of phenolic OH excluding ortho intramolecular Hbond substituents is 2. The number of aliphatic carboxylic acids is 1. The van der Waals surface area contributed by atoms with Gasteiger partial charge in [0.15, 0.2) is 11.5 Å². The number of hydrogen-bond acceptors (Lipinski definition) is 3. The Kier molecular flexibility index (Phi) is 7.79. The smallest absolute Gasteiger partial charge is 0.309 e. The van der Waals surface area contributed by atoms with Gasteiger partial charge < -0.3 is 15.3 Å². The van der Waals surface area contributed by atoms with Crippen molar-refractivity contribution in [3.63, 3.8) is 0 Å². The normalized spacial score (nSPS) is 15.5. The molecule has 1 saturated carbocycles. The van der Waals surface area contributed by atoms with E-state index >= 15 is 0 Å². The third-order valence-corrected chi connectivity index (χ3v) is 6.12. The van der Waals surface area contributed by atoms with Crippen molar-refractivity contribution in [3.8, 4) is 11.5 Å². The predicted octanol–water partition coefficient (Wildman–Crippen LogP) is 6.21. The van der Waals surface area contributed by atoms with Gasteiger partial charge >= 0.3 is 5.97 Å². The maximum atomic E-state index is 11.2. The molecule has 0 unspecified atom stereocenters. The van der Waals surface area contributed by atoms with Crippen molar-refractivity contribution < 1.29 is 20.1 Å². The number of carboxylic acids is 1. The molecule has 2 rings (SSSR count). The fraction of sp³-hybridized carbons (Fsp3) is 0.708. The van der Waals surface area contributed by atoms with Crippen LogP contribution in [0.5, 0.6) is 11.5 Å². The Balaban J connectivity index is 1.79. The molecular weight excluding hydrogens is 352 g/mol. The average molecular weight is 391 g/mol. The Bertz CT molecular complexity index is 653. The van der Waals surface area contributed by atoms with Gasteiger partial charge in [0.25, 0.3) is 0 Å². The van der Waals surface area contributed by atoms with Crippen LogP contribution in [0.4, 0.5) is 0 Å². The Morgan fingerprint density at radius 3 is 2.21 bits per heavy atom. The number of carboxylic acid groups (broad SMARTS) is 1. The van der Waals surface area contributed by atoms with Crippen molar-refractivity contribution in [3.05, 3.63) is 23.3 Å². The fourth-order valence-electron chi connectivity index (χ4n) is 3.99. The Morgan fingerprint density at radius 2 is 1.61 bits per heavy atom. The Hall–Kier alpha value is -1.71. The molecule has 28 heavy (non-hydrogen) atoms. The van der Waals surface area contributed by atoms with Crippen molar-refractivity contribution in [1.82, 2.24) is 0 Å². The number of aromatic hydroxyl groups is 2. The zero-order valence-electron chi connectivity index (χ0n) is 17.9. The number of rotatable bonds is 12. The van der Waals surface area contributed by atoms with E-state index in [-0.39, 0.29) is 11.5 Å². The lowest BCUT2D eigenvalue weighted by atomic mass is 9.89. The average Bonchev–Trinajstić information content (AvgIpc) is 3.39. The first-order chi connectivity index (χ1) is 13.1. The third kappa shape index (κ3) is 6.72. The molecule has 4 nitrogen and oxygen atoms in total. The van der Waals surface area contributed by atoms with Gasteiger partial charge in [-0.05, 0) is 68.4 Å². The van der Waals surface area contributed by atoms with Gasteiger partial charge in [0.05, 0.1) is 5.41 Å². The summed E-state index contributed by atoms with van der Waals surface area (Å²) in [6, 6.07) is 3.51. The second-order valence-electron chi connectivity index (χ2n) is 9.84. The molecule has 158 valence electrons. The van der Waals surface area contributed by atoms with Crippen LogP contribution in [-0.4, -0.2) is 21.3 Å². The lowest BCUT2D eigenvalue weighted by molar-refractivity contribution is -0.143. The SMILES string of the molecule is CC(C)(C)CCCCCc1c(CCCCCC2(C(=O)O)CC2)ccc(O)c1O. The highest BCUT2D eigenvalue weighted by atomic mass is 16.4. The summed E-state index contributed by atoms with van der Waals surface area (Å²) in [5, 5.41) is 29.5. The highest BCUT2D eigenvalue weighted by Gasteiger charge is 2.49. The summed E-state index contributed by atoms with van der Waals surface area (Å²) in [4.78, 5) is 11.2. The van der Waals surface area contributed by atoms with Crippen LogP contribution in [0.2, 0.25) is 0 Å². The van der Waals surface area contributed by atoms with E-state index in [1.165, 1.54) is 12.8 Å². The molecule has 1 fully saturated rings.